The summed E-state index contributed by atoms with van der Waals surface area (Å²) in [5.74, 6) is -1.03. The van der Waals surface area contributed by atoms with E-state index in [9.17, 15) is 31.1 Å². The Hall–Kier alpha value is -3.04. The predicted molar refractivity (Wildman–Crippen MR) is 92.4 cm³/mol. The van der Waals surface area contributed by atoms with Gasteiger partial charge in [0.05, 0.1) is 16.8 Å². The average Bonchev–Trinajstić information content (AvgIpc) is 3.04. The van der Waals surface area contributed by atoms with Crippen LogP contribution < -0.4 is 5.32 Å². The molecule has 1 aromatic carbocycles. The number of nitrogens with one attached hydrogen (secondary N) is 1. The highest BCUT2D eigenvalue weighted by atomic mass is 19.4. The number of alkyl halides is 6. The topological polar surface area (TPSA) is 46.4 Å². The highest BCUT2D eigenvalue weighted by molar-refractivity contribution is 5.94. The van der Waals surface area contributed by atoms with E-state index < -0.39 is 35.0 Å². The maximum absolute atomic E-state index is 12.9. The van der Waals surface area contributed by atoms with Gasteiger partial charge >= 0.3 is 12.4 Å². The molecule has 0 fully saturated rings. The normalized spacial score (nSPS) is 12.4. The summed E-state index contributed by atoms with van der Waals surface area (Å²) in [5, 5.41) is 2.34. The van der Waals surface area contributed by atoms with Crippen LogP contribution in [0.3, 0.4) is 0 Å². The number of rotatable bonds is 4. The SMILES string of the molecule is Cc1cccc2nc(CCNC(=O)c3cc(C(F)(F)F)cc(C(F)(F)F)c3)cn12. The minimum atomic E-state index is -5.01. The fourth-order valence-electron chi connectivity index (χ4n) is 2.81. The van der Waals surface area contributed by atoms with Crippen molar-refractivity contribution >= 4 is 11.6 Å². The van der Waals surface area contributed by atoms with E-state index in [1.807, 2.05) is 23.5 Å². The molecule has 0 saturated carbocycles. The molecule has 3 aromatic rings. The third-order valence-electron chi connectivity index (χ3n) is 4.26. The summed E-state index contributed by atoms with van der Waals surface area (Å²) < 4.78 is 79.2. The van der Waals surface area contributed by atoms with Crippen molar-refractivity contribution in [3.8, 4) is 0 Å². The second-order valence-corrected chi connectivity index (χ2v) is 6.43. The molecule has 2 heterocycles. The Morgan fingerprint density at radius 1 is 1.03 bits per heavy atom. The Morgan fingerprint density at radius 3 is 2.21 bits per heavy atom. The van der Waals surface area contributed by atoms with Gasteiger partial charge in [-0.25, -0.2) is 4.98 Å². The lowest BCUT2D eigenvalue weighted by molar-refractivity contribution is -0.143. The van der Waals surface area contributed by atoms with E-state index >= 15 is 0 Å². The molecule has 0 aliphatic rings. The van der Waals surface area contributed by atoms with Crippen LogP contribution in [0.25, 0.3) is 5.65 Å². The Labute approximate surface area is 161 Å². The number of carbonyl (C=O) groups is 1. The van der Waals surface area contributed by atoms with Crippen LogP contribution in [0.4, 0.5) is 26.3 Å². The summed E-state index contributed by atoms with van der Waals surface area (Å²) in [7, 11) is 0. The number of hydrogen-bond donors (Lipinski definition) is 1. The first-order valence-electron chi connectivity index (χ1n) is 8.46. The summed E-state index contributed by atoms with van der Waals surface area (Å²) in [6, 6.07) is 6.28. The van der Waals surface area contributed by atoms with Crippen LogP contribution in [0.2, 0.25) is 0 Å². The first-order chi connectivity index (χ1) is 13.4. The van der Waals surface area contributed by atoms with Gasteiger partial charge in [0.15, 0.2) is 0 Å². The second kappa shape index (κ2) is 7.41. The lowest BCUT2D eigenvalue weighted by Crippen LogP contribution is -2.26. The van der Waals surface area contributed by atoms with Crippen LogP contribution in [0.1, 0.15) is 32.9 Å². The zero-order valence-corrected chi connectivity index (χ0v) is 15.0. The summed E-state index contributed by atoms with van der Waals surface area (Å²) in [6.45, 7) is 1.88. The number of imidazole rings is 1. The van der Waals surface area contributed by atoms with Crippen LogP contribution in [0.5, 0.6) is 0 Å². The lowest BCUT2D eigenvalue weighted by Gasteiger charge is -2.14. The minimum Gasteiger partial charge on any atom is -0.352 e. The maximum Gasteiger partial charge on any atom is 0.416 e. The van der Waals surface area contributed by atoms with Gasteiger partial charge in [0.1, 0.15) is 5.65 Å². The molecule has 154 valence electrons. The zero-order valence-electron chi connectivity index (χ0n) is 15.0. The molecule has 1 amide bonds. The molecule has 0 bridgehead atoms. The van der Waals surface area contributed by atoms with Gasteiger partial charge in [0, 0.05) is 30.4 Å². The van der Waals surface area contributed by atoms with Crippen molar-refractivity contribution < 1.29 is 31.1 Å². The molecule has 3 rings (SSSR count). The molecular formula is C19H15F6N3O. The molecule has 2 aromatic heterocycles. The van der Waals surface area contributed by atoms with Crippen molar-refractivity contribution in [3.63, 3.8) is 0 Å². The van der Waals surface area contributed by atoms with E-state index in [-0.39, 0.29) is 19.0 Å². The highest BCUT2D eigenvalue weighted by Gasteiger charge is 2.37. The van der Waals surface area contributed by atoms with Crippen molar-refractivity contribution in [1.82, 2.24) is 14.7 Å². The lowest BCUT2D eigenvalue weighted by atomic mass is 10.0. The van der Waals surface area contributed by atoms with Gasteiger partial charge in [-0.3, -0.25) is 4.79 Å². The molecule has 0 saturated heterocycles. The third kappa shape index (κ3) is 4.69. The quantitative estimate of drug-likeness (QED) is 0.631. The molecule has 0 unspecified atom stereocenters. The fourth-order valence-corrected chi connectivity index (χ4v) is 2.81. The number of pyridine rings is 1. The van der Waals surface area contributed by atoms with E-state index in [4.69, 9.17) is 0 Å². The van der Waals surface area contributed by atoms with Crippen molar-refractivity contribution in [2.24, 2.45) is 0 Å². The fraction of sp³-hybridized carbons (Fsp3) is 0.263. The van der Waals surface area contributed by atoms with Crippen LogP contribution in [-0.4, -0.2) is 21.8 Å². The second-order valence-electron chi connectivity index (χ2n) is 6.43. The van der Waals surface area contributed by atoms with Crippen LogP contribution in [0, 0.1) is 6.92 Å². The van der Waals surface area contributed by atoms with Crippen LogP contribution >= 0.6 is 0 Å². The largest absolute Gasteiger partial charge is 0.416 e. The van der Waals surface area contributed by atoms with E-state index in [2.05, 4.69) is 10.3 Å². The molecule has 0 aliphatic heterocycles. The molecule has 0 atom stereocenters. The van der Waals surface area contributed by atoms with Gasteiger partial charge in [0.25, 0.3) is 5.91 Å². The van der Waals surface area contributed by atoms with Crippen molar-refractivity contribution in [3.05, 3.63) is 70.7 Å². The molecule has 1 N–H and O–H groups in total. The van der Waals surface area contributed by atoms with Crippen molar-refractivity contribution in [2.45, 2.75) is 25.7 Å². The molecule has 0 spiro atoms. The number of nitrogens with zero attached hydrogens (tertiary/aromatic N) is 2. The van der Waals surface area contributed by atoms with E-state index in [1.165, 1.54) is 0 Å². The molecule has 0 aliphatic carbocycles. The zero-order chi connectivity index (χ0) is 21.4. The Balaban J connectivity index is 1.75. The minimum absolute atomic E-state index is 0.000635. The van der Waals surface area contributed by atoms with Gasteiger partial charge in [-0.05, 0) is 37.3 Å². The number of benzene rings is 1. The summed E-state index contributed by atoms with van der Waals surface area (Å²) >= 11 is 0. The van der Waals surface area contributed by atoms with Gasteiger partial charge < -0.3 is 9.72 Å². The third-order valence-corrected chi connectivity index (χ3v) is 4.26. The summed E-state index contributed by atoms with van der Waals surface area (Å²) in [6.07, 6.45) is -8.00. The van der Waals surface area contributed by atoms with Crippen molar-refractivity contribution in [2.75, 3.05) is 6.54 Å². The van der Waals surface area contributed by atoms with Gasteiger partial charge in [-0.2, -0.15) is 26.3 Å². The van der Waals surface area contributed by atoms with E-state index in [1.54, 1.807) is 12.3 Å². The molecule has 10 heteroatoms. The number of carbonyl (C=O) groups excluding carboxylic acids is 1. The van der Waals surface area contributed by atoms with Gasteiger partial charge in [-0.15, -0.1) is 0 Å². The Kier molecular flexibility index (Phi) is 5.29. The van der Waals surface area contributed by atoms with Crippen molar-refractivity contribution in [1.29, 1.82) is 0 Å². The van der Waals surface area contributed by atoms with Crippen LogP contribution in [-0.2, 0) is 18.8 Å². The molecular weight excluding hydrogens is 400 g/mol. The average molecular weight is 415 g/mol. The number of aryl methyl sites for hydroxylation is 1. The number of halogens is 6. The molecule has 0 radical (unpaired) electrons. The number of aromatic nitrogens is 2. The monoisotopic (exact) mass is 415 g/mol. The molecule has 4 nitrogen and oxygen atoms in total. The Bertz CT molecular complexity index is 1020. The predicted octanol–water partition coefficient (Wildman–Crippen LogP) is 4.65. The van der Waals surface area contributed by atoms with Gasteiger partial charge in [-0.1, -0.05) is 6.07 Å². The van der Waals surface area contributed by atoms with E-state index in [0.717, 1.165) is 5.69 Å². The van der Waals surface area contributed by atoms with Crippen LogP contribution in [0.15, 0.2) is 42.6 Å². The summed E-state index contributed by atoms with van der Waals surface area (Å²) in [4.78, 5) is 16.5. The number of fused-ring (bicyclic) bond motifs is 1. The maximum atomic E-state index is 12.9. The number of amides is 1. The van der Waals surface area contributed by atoms with Gasteiger partial charge in [0.2, 0.25) is 0 Å². The first-order valence-corrected chi connectivity index (χ1v) is 8.46. The highest BCUT2D eigenvalue weighted by Crippen LogP contribution is 2.36. The standard InChI is InChI=1S/C19H15F6N3O/c1-11-3-2-4-16-27-15(10-28(11)16)5-6-26-17(29)12-7-13(18(20,21)22)9-14(8-12)19(23,24)25/h2-4,7-10H,5-6H2,1H3,(H,26,29). The Morgan fingerprint density at radius 2 is 1.66 bits per heavy atom. The first kappa shape index (κ1) is 20.7. The molecule has 29 heavy (non-hydrogen) atoms. The smallest absolute Gasteiger partial charge is 0.352 e. The number of hydrogen-bond acceptors (Lipinski definition) is 2. The van der Waals surface area contributed by atoms with E-state index in [0.29, 0.717) is 23.5 Å². The summed E-state index contributed by atoms with van der Waals surface area (Å²) in [5.41, 5.74) is -1.52.